The maximum Gasteiger partial charge on any atom is 0.326 e. The van der Waals surface area contributed by atoms with Crippen LogP contribution < -0.4 is 5.32 Å². The van der Waals surface area contributed by atoms with Crippen LogP contribution in [0.5, 0.6) is 0 Å². The number of carboxylic acids is 1. The third kappa shape index (κ3) is 6.18. The van der Waals surface area contributed by atoms with Crippen molar-refractivity contribution in [3.63, 3.8) is 0 Å². The molecule has 2 fully saturated rings. The molecule has 0 radical (unpaired) electrons. The quantitative estimate of drug-likeness (QED) is 0.484. The van der Waals surface area contributed by atoms with Crippen LogP contribution in [0, 0.1) is 0 Å². The predicted octanol–water partition coefficient (Wildman–Crippen LogP) is 1.97. The van der Waals surface area contributed by atoms with Gasteiger partial charge in [-0.15, -0.1) is 23.5 Å². The number of aliphatic carboxylic acids is 1. The molecule has 2 aliphatic rings. The highest BCUT2D eigenvalue weighted by Gasteiger charge is 2.52. The van der Waals surface area contributed by atoms with Crippen LogP contribution in [-0.2, 0) is 30.5 Å². The summed E-state index contributed by atoms with van der Waals surface area (Å²) in [5, 5.41) is 12.7. The molecule has 2 saturated heterocycles. The molecule has 2 aliphatic heterocycles. The number of likely N-dealkylation sites (tertiary alicyclic amines) is 1. The number of benzene rings is 1. The Hall–Kier alpha value is -1.75. The molecule has 1 aromatic rings. The molecule has 10 heteroatoms. The second kappa shape index (κ2) is 11.4. The zero-order chi connectivity index (χ0) is 23.1. The van der Waals surface area contributed by atoms with E-state index in [0.717, 1.165) is 17.1 Å². The average molecular weight is 483 g/mol. The number of carboxylic acid groups (broad SMARTS) is 1. The lowest BCUT2D eigenvalue weighted by atomic mass is 10.2. The lowest BCUT2D eigenvalue weighted by Gasteiger charge is -2.28. The van der Waals surface area contributed by atoms with Crippen LogP contribution in [0.3, 0.4) is 0 Å². The molecule has 2 N–H and O–H groups in total. The highest BCUT2D eigenvalue weighted by atomic mass is 32.2. The topological polar surface area (TPSA) is 105 Å². The molecular weight excluding hydrogens is 452 g/mol. The minimum Gasteiger partial charge on any atom is -0.480 e. The van der Waals surface area contributed by atoms with Crippen LogP contribution in [-0.4, -0.2) is 81.3 Å². The van der Waals surface area contributed by atoms with Crippen molar-refractivity contribution >= 4 is 41.4 Å². The molecule has 0 aromatic heterocycles. The molecular formula is C22H30N2O6S2. The summed E-state index contributed by atoms with van der Waals surface area (Å²) in [4.78, 5) is 38.9. The average Bonchev–Trinajstić information content (AvgIpc) is 3.40. The Balaban J connectivity index is 1.63. The molecule has 0 aliphatic carbocycles. The number of hydrogen-bond donors (Lipinski definition) is 2. The van der Waals surface area contributed by atoms with Gasteiger partial charge in [0.15, 0.2) is 0 Å². The summed E-state index contributed by atoms with van der Waals surface area (Å²) in [7, 11) is 0. The molecule has 1 spiro atoms. The molecule has 1 amide bonds. The molecule has 3 atom stereocenters. The number of thioether (sulfide) groups is 2. The number of hydrogen-bond acceptors (Lipinski definition) is 8. The van der Waals surface area contributed by atoms with Crippen molar-refractivity contribution < 1.29 is 29.0 Å². The number of nitrogens with one attached hydrogen (secondary N) is 1. The number of ether oxygens (including phenoxy) is 2. The number of carbonyl (C=O) groups excluding carboxylic acids is 2. The Morgan fingerprint density at radius 2 is 1.94 bits per heavy atom. The SMILES string of the molecule is CCOC(=O)[C@H](COCc1ccccc1)N[C@@H](C)C(=O)N1CC2(CC1C(=O)O)SCCS2. The fourth-order valence-electron chi connectivity index (χ4n) is 3.92. The van der Waals surface area contributed by atoms with Gasteiger partial charge in [0, 0.05) is 24.5 Å². The summed E-state index contributed by atoms with van der Waals surface area (Å²) in [6.07, 6.45) is 0.428. The summed E-state index contributed by atoms with van der Waals surface area (Å²) < 4.78 is 10.6. The van der Waals surface area contributed by atoms with Crippen LogP contribution >= 0.6 is 23.5 Å². The zero-order valence-electron chi connectivity index (χ0n) is 18.3. The molecule has 1 unspecified atom stereocenters. The van der Waals surface area contributed by atoms with Crippen molar-refractivity contribution in [2.45, 2.75) is 49.1 Å². The van der Waals surface area contributed by atoms with Crippen molar-refractivity contribution in [3.8, 4) is 0 Å². The number of rotatable bonds is 10. The lowest BCUT2D eigenvalue weighted by Crippen LogP contribution is -2.54. The predicted molar refractivity (Wildman–Crippen MR) is 125 cm³/mol. The number of amides is 1. The molecule has 8 nitrogen and oxygen atoms in total. The lowest BCUT2D eigenvalue weighted by molar-refractivity contribution is -0.151. The van der Waals surface area contributed by atoms with Crippen molar-refractivity contribution in [2.24, 2.45) is 0 Å². The number of carbonyl (C=O) groups is 3. The van der Waals surface area contributed by atoms with Crippen LogP contribution in [0.4, 0.5) is 0 Å². The third-order valence-electron chi connectivity index (χ3n) is 5.46. The maximum atomic E-state index is 13.2. The standard InChI is InChI=1S/C22H30N2O6S2/c1-3-30-21(28)17(13-29-12-16-7-5-4-6-8-16)23-15(2)19(25)24-14-22(31-9-10-32-22)11-18(24)20(26)27/h4-8,15,17-18,23H,3,9-14H2,1-2H3,(H,26,27)/t15-,17-,18?/m0/s1. The Bertz CT molecular complexity index is 803. The molecule has 0 saturated carbocycles. The van der Waals surface area contributed by atoms with E-state index in [-0.39, 0.29) is 23.2 Å². The Morgan fingerprint density at radius 3 is 2.56 bits per heavy atom. The Morgan fingerprint density at radius 1 is 1.25 bits per heavy atom. The summed E-state index contributed by atoms with van der Waals surface area (Å²) >= 11 is 3.46. The fourth-order valence-corrected chi connectivity index (χ4v) is 7.17. The van der Waals surface area contributed by atoms with Crippen LogP contribution in [0.15, 0.2) is 30.3 Å². The smallest absolute Gasteiger partial charge is 0.326 e. The number of esters is 1. The van der Waals surface area contributed by atoms with Gasteiger partial charge in [-0.1, -0.05) is 30.3 Å². The molecule has 32 heavy (non-hydrogen) atoms. The van der Waals surface area contributed by atoms with Gasteiger partial charge >= 0.3 is 11.9 Å². The summed E-state index contributed by atoms with van der Waals surface area (Å²) in [5.74, 6) is 0.0748. The molecule has 3 rings (SSSR count). The van der Waals surface area contributed by atoms with Gasteiger partial charge in [0.1, 0.15) is 12.1 Å². The van der Waals surface area contributed by atoms with Crippen molar-refractivity contribution in [1.82, 2.24) is 10.2 Å². The van der Waals surface area contributed by atoms with Crippen molar-refractivity contribution in [2.75, 3.05) is 31.3 Å². The first-order chi connectivity index (χ1) is 15.3. The van der Waals surface area contributed by atoms with Gasteiger partial charge in [-0.05, 0) is 19.4 Å². The van der Waals surface area contributed by atoms with E-state index in [1.54, 1.807) is 37.4 Å². The molecule has 1 aromatic carbocycles. The van der Waals surface area contributed by atoms with Gasteiger partial charge < -0.3 is 19.5 Å². The van der Waals surface area contributed by atoms with E-state index in [1.807, 2.05) is 30.3 Å². The van der Waals surface area contributed by atoms with Crippen molar-refractivity contribution in [1.29, 1.82) is 0 Å². The highest BCUT2D eigenvalue weighted by molar-refractivity contribution is 8.21. The largest absolute Gasteiger partial charge is 0.480 e. The second-order valence-corrected chi connectivity index (χ2v) is 11.0. The van der Waals surface area contributed by atoms with Crippen LogP contribution in [0.2, 0.25) is 0 Å². The zero-order valence-corrected chi connectivity index (χ0v) is 20.0. The molecule has 176 valence electrons. The van der Waals surface area contributed by atoms with E-state index in [2.05, 4.69) is 5.32 Å². The van der Waals surface area contributed by atoms with E-state index < -0.39 is 30.1 Å². The first-order valence-corrected chi connectivity index (χ1v) is 12.7. The van der Waals surface area contributed by atoms with E-state index in [9.17, 15) is 19.5 Å². The van der Waals surface area contributed by atoms with Gasteiger partial charge in [-0.2, -0.15) is 0 Å². The highest BCUT2D eigenvalue weighted by Crippen LogP contribution is 2.51. The first kappa shape index (κ1) is 24.9. The normalized spacial score (nSPS) is 21.4. The minimum atomic E-state index is -0.997. The summed E-state index contributed by atoms with van der Waals surface area (Å²) in [5.41, 5.74) is 0.970. The molecule has 0 bridgehead atoms. The first-order valence-electron chi connectivity index (χ1n) is 10.7. The van der Waals surface area contributed by atoms with Crippen LogP contribution in [0.25, 0.3) is 0 Å². The second-order valence-electron chi connectivity index (χ2n) is 7.83. The fraction of sp³-hybridized carbons (Fsp3) is 0.591. The Kier molecular flexibility index (Phi) is 8.87. The van der Waals surface area contributed by atoms with Crippen LogP contribution in [0.1, 0.15) is 25.8 Å². The van der Waals surface area contributed by atoms with Gasteiger partial charge in [-0.3, -0.25) is 14.9 Å². The van der Waals surface area contributed by atoms with Gasteiger partial charge in [0.2, 0.25) is 5.91 Å². The van der Waals surface area contributed by atoms with E-state index in [4.69, 9.17) is 9.47 Å². The van der Waals surface area contributed by atoms with Crippen molar-refractivity contribution in [3.05, 3.63) is 35.9 Å². The van der Waals surface area contributed by atoms with Gasteiger partial charge in [-0.25, -0.2) is 4.79 Å². The maximum absolute atomic E-state index is 13.2. The summed E-state index contributed by atoms with van der Waals surface area (Å²) in [6, 6.07) is 7.10. The Labute approximate surface area is 196 Å². The monoisotopic (exact) mass is 482 g/mol. The van der Waals surface area contributed by atoms with E-state index in [1.165, 1.54) is 4.90 Å². The third-order valence-corrected chi connectivity index (χ3v) is 8.89. The molecule has 2 heterocycles. The van der Waals surface area contributed by atoms with E-state index >= 15 is 0 Å². The van der Waals surface area contributed by atoms with E-state index in [0.29, 0.717) is 19.6 Å². The van der Waals surface area contributed by atoms with Gasteiger partial charge in [0.05, 0.1) is 29.9 Å². The van der Waals surface area contributed by atoms with Gasteiger partial charge in [0.25, 0.3) is 0 Å². The minimum absolute atomic E-state index is 0.0311. The summed E-state index contributed by atoms with van der Waals surface area (Å²) in [6.45, 7) is 4.31. The number of nitrogens with zero attached hydrogens (tertiary/aromatic N) is 1.